The van der Waals surface area contributed by atoms with Gasteiger partial charge in [-0.15, -0.1) is 0 Å². The Kier molecular flexibility index (Phi) is 4.97. The molecule has 0 aliphatic heterocycles. The van der Waals surface area contributed by atoms with Crippen molar-refractivity contribution in [3.63, 3.8) is 0 Å². The lowest BCUT2D eigenvalue weighted by Crippen LogP contribution is -2.70. The van der Waals surface area contributed by atoms with Crippen LogP contribution >= 0.6 is 0 Å². The van der Waals surface area contributed by atoms with Crippen molar-refractivity contribution in [3.8, 4) is 0 Å². The highest BCUT2D eigenvalue weighted by molar-refractivity contribution is 7.25. The van der Waals surface area contributed by atoms with E-state index in [1.165, 1.54) is 15.9 Å². The van der Waals surface area contributed by atoms with Gasteiger partial charge in [0.05, 0.1) is 0 Å². The van der Waals surface area contributed by atoms with E-state index in [4.69, 9.17) is 0 Å². The molecule has 2 heteroatoms. The molecule has 3 rings (SSSR count). The lowest BCUT2D eigenvalue weighted by Gasteiger charge is -2.42. The maximum atomic E-state index is 14.1. The second-order valence-electron chi connectivity index (χ2n) is 7.93. The highest BCUT2D eigenvalue weighted by Gasteiger charge is 2.54. The Labute approximate surface area is 157 Å². The molecule has 0 bridgehead atoms. The molecule has 26 heavy (non-hydrogen) atoms. The highest BCUT2D eigenvalue weighted by atomic mass is 28.3. The predicted octanol–water partition coefficient (Wildman–Crippen LogP) is 4.78. The maximum Gasteiger partial charge on any atom is 0.205 e. The van der Waals surface area contributed by atoms with Gasteiger partial charge in [-0.3, -0.25) is 4.79 Å². The number of carbonyl (C=O) groups is 1. The molecular formula is C24H26OSi. The van der Waals surface area contributed by atoms with Gasteiger partial charge in [0.2, 0.25) is 8.07 Å². The fourth-order valence-electron chi connectivity index (χ4n) is 3.93. The summed E-state index contributed by atoms with van der Waals surface area (Å²) in [5.74, 6) is 0. The molecule has 0 N–H and O–H groups in total. The summed E-state index contributed by atoms with van der Waals surface area (Å²) in [6, 6.07) is 28.8. The normalized spacial score (nSPS) is 12.0. The van der Waals surface area contributed by atoms with Crippen LogP contribution in [-0.4, -0.2) is 13.5 Å². The van der Waals surface area contributed by atoms with Gasteiger partial charge in [-0.2, -0.15) is 0 Å². The molecule has 0 amide bonds. The number of carbonyl (C=O) groups excluding carboxylic acids is 1. The molecule has 0 aromatic heterocycles. The van der Waals surface area contributed by atoms with E-state index in [1.807, 2.05) is 60.7 Å². The van der Waals surface area contributed by atoms with E-state index in [2.05, 4.69) is 52.0 Å². The first-order valence-electron chi connectivity index (χ1n) is 9.10. The van der Waals surface area contributed by atoms with Gasteiger partial charge < -0.3 is 0 Å². The summed E-state index contributed by atoms with van der Waals surface area (Å²) >= 11 is 0. The van der Waals surface area contributed by atoms with Crippen molar-refractivity contribution in [2.75, 3.05) is 0 Å². The molecule has 0 fully saturated rings. The molecule has 0 atom stereocenters. The maximum absolute atomic E-state index is 14.1. The van der Waals surface area contributed by atoms with Crippen LogP contribution in [0.4, 0.5) is 0 Å². The van der Waals surface area contributed by atoms with E-state index in [0.717, 1.165) is 5.56 Å². The molecule has 0 aliphatic carbocycles. The topological polar surface area (TPSA) is 17.1 Å². The standard InChI is InChI=1S/C24H26OSi/c1-19-15-17-20(18-16-19)23(25)26(24(2,3)4,21-11-7-5-8-12-21)22-13-9-6-10-14-22/h5-18H,1-4H3. The summed E-state index contributed by atoms with van der Waals surface area (Å²) in [6.45, 7) is 8.69. The molecule has 1 nitrogen and oxygen atoms in total. The molecule has 0 spiro atoms. The first-order chi connectivity index (χ1) is 12.4. The Balaban J connectivity index is 2.34. The first kappa shape index (κ1) is 18.3. The highest BCUT2D eigenvalue weighted by Crippen LogP contribution is 2.38. The Morgan fingerprint density at radius 2 is 1.12 bits per heavy atom. The molecule has 0 heterocycles. The minimum absolute atomic E-state index is 0.169. The average Bonchev–Trinajstić information content (AvgIpc) is 2.63. The van der Waals surface area contributed by atoms with Crippen molar-refractivity contribution < 1.29 is 4.79 Å². The molecule has 132 valence electrons. The number of aryl methyl sites for hydroxylation is 1. The third kappa shape index (κ3) is 3.06. The Bertz CT molecular complexity index is 836. The van der Waals surface area contributed by atoms with E-state index in [-0.39, 0.29) is 10.4 Å². The van der Waals surface area contributed by atoms with Gasteiger partial charge in [-0.25, -0.2) is 0 Å². The van der Waals surface area contributed by atoms with Gasteiger partial charge >= 0.3 is 0 Å². The van der Waals surface area contributed by atoms with Gasteiger partial charge in [0.15, 0.2) is 5.41 Å². The Hall–Kier alpha value is -2.45. The fourth-order valence-corrected chi connectivity index (χ4v) is 9.19. The molecule has 0 saturated heterocycles. The molecule has 0 unspecified atom stereocenters. The summed E-state index contributed by atoms with van der Waals surface area (Å²) in [4.78, 5) is 14.1. The predicted molar refractivity (Wildman–Crippen MR) is 113 cm³/mol. The minimum Gasteiger partial charge on any atom is -0.299 e. The smallest absolute Gasteiger partial charge is 0.205 e. The Morgan fingerprint density at radius 3 is 1.50 bits per heavy atom. The molecule has 3 aromatic carbocycles. The van der Waals surface area contributed by atoms with Gasteiger partial charge in [0.1, 0.15) is 0 Å². The van der Waals surface area contributed by atoms with Crippen molar-refractivity contribution in [2.45, 2.75) is 32.7 Å². The zero-order valence-electron chi connectivity index (χ0n) is 16.0. The van der Waals surface area contributed by atoms with Crippen molar-refractivity contribution in [3.05, 3.63) is 96.1 Å². The number of rotatable bonds is 4. The summed E-state index contributed by atoms with van der Waals surface area (Å²) in [7, 11) is -2.75. The number of hydrogen-bond acceptors (Lipinski definition) is 1. The largest absolute Gasteiger partial charge is 0.299 e. The molecule has 0 saturated carbocycles. The summed E-state index contributed by atoms with van der Waals surface area (Å²) in [6.07, 6.45) is 0. The van der Waals surface area contributed by atoms with Gasteiger partial charge in [-0.05, 0) is 22.3 Å². The lowest BCUT2D eigenvalue weighted by molar-refractivity contribution is 0.106. The molecule has 0 aliphatic rings. The van der Waals surface area contributed by atoms with Gasteiger partial charge in [0, 0.05) is 5.56 Å². The summed E-state index contributed by atoms with van der Waals surface area (Å²) < 4.78 is 0. The monoisotopic (exact) mass is 358 g/mol. The van der Waals surface area contributed by atoms with Crippen LogP contribution in [0, 0.1) is 6.92 Å². The van der Waals surface area contributed by atoms with E-state index in [0.29, 0.717) is 0 Å². The summed E-state index contributed by atoms with van der Waals surface area (Å²) in [5, 5.41) is 2.45. The average molecular weight is 359 g/mol. The van der Waals surface area contributed by atoms with Crippen LogP contribution in [0.25, 0.3) is 0 Å². The number of hydrogen-bond donors (Lipinski definition) is 0. The zero-order valence-corrected chi connectivity index (χ0v) is 17.0. The fraction of sp³-hybridized carbons (Fsp3) is 0.208. The number of benzene rings is 3. The van der Waals surface area contributed by atoms with Crippen LogP contribution in [0.15, 0.2) is 84.9 Å². The van der Waals surface area contributed by atoms with Crippen molar-refractivity contribution in [1.82, 2.24) is 0 Å². The van der Waals surface area contributed by atoms with Crippen LogP contribution in [-0.2, 0) is 0 Å². The van der Waals surface area contributed by atoms with E-state index in [1.54, 1.807) is 0 Å². The van der Waals surface area contributed by atoms with Crippen LogP contribution in [0.2, 0.25) is 5.04 Å². The minimum atomic E-state index is -2.75. The van der Waals surface area contributed by atoms with E-state index < -0.39 is 8.07 Å². The first-order valence-corrected chi connectivity index (χ1v) is 11.1. The van der Waals surface area contributed by atoms with E-state index in [9.17, 15) is 4.79 Å². The van der Waals surface area contributed by atoms with Crippen molar-refractivity contribution in [2.24, 2.45) is 0 Å². The molecule has 0 radical (unpaired) electrons. The van der Waals surface area contributed by atoms with Gasteiger partial charge in [-0.1, -0.05) is 111 Å². The third-order valence-corrected chi connectivity index (χ3v) is 10.8. The zero-order chi connectivity index (χ0) is 18.8. The van der Waals surface area contributed by atoms with Crippen LogP contribution in [0.5, 0.6) is 0 Å². The van der Waals surface area contributed by atoms with Crippen LogP contribution in [0.1, 0.15) is 36.7 Å². The second kappa shape index (κ2) is 7.04. The molecule has 3 aromatic rings. The third-order valence-electron chi connectivity index (χ3n) is 5.19. The van der Waals surface area contributed by atoms with Crippen LogP contribution in [0.3, 0.4) is 0 Å². The van der Waals surface area contributed by atoms with Gasteiger partial charge in [0.25, 0.3) is 0 Å². The lowest BCUT2D eigenvalue weighted by atomic mass is 10.2. The molecular weight excluding hydrogens is 332 g/mol. The SMILES string of the molecule is Cc1ccc(C(=O)[Si](c2ccccc2)(c2ccccc2)C(C)(C)C)cc1. The van der Waals surface area contributed by atoms with Crippen LogP contribution < -0.4 is 10.4 Å². The summed E-state index contributed by atoms with van der Waals surface area (Å²) in [5.41, 5.74) is 1.98. The van der Waals surface area contributed by atoms with Crippen molar-refractivity contribution >= 4 is 23.9 Å². The van der Waals surface area contributed by atoms with E-state index >= 15 is 0 Å². The Morgan fingerprint density at radius 1 is 0.692 bits per heavy atom. The second-order valence-corrected chi connectivity index (χ2v) is 12.5. The van der Waals surface area contributed by atoms with Crippen molar-refractivity contribution in [1.29, 1.82) is 0 Å². The quantitative estimate of drug-likeness (QED) is 0.613.